The summed E-state index contributed by atoms with van der Waals surface area (Å²) < 4.78 is 15.9. The number of H-pyrrole nitrogens is 1. The Kier molecular flexibility index (Phi) is 7.26. The minimum Gasteiger partial charge on any atom is -0.488 e. The number of aromatic amines is 1. The van der Waals surface area contributed by atoms with Crippen molar-refractivity contribution in [2.24, 2.45) is 5.92 Å². The highest BCUT2D eigenvalue weighted by Gasteiger charge is 2.08. The quantitative estimate of drug-likeness (QED) is 0.696. The highest BCUT2D eigenvalue weighted by Crippen LogP contribution is 2.11. The maximum Gasteiger partial charge on any atom is 0.344 e. The Morgan fingerprint density at radius 1 is 1.15 bits per heavy atom. The number of esters is 1. The minimum absolute atomic E-state index is 0.0302. The van der Waals surface area contributed by atoms with Crippen LogP contribution in [0.3, 0.4) is 0 Å². The zero-order chi connectivity index (χ0) is 18.9. The minimum atomic E-state index is -0.510. The molecule has 0 saturated heterocycles. The van der Waals surface area contributed by atoms with E-state index in [2.05, 4.69) is 18.8 Å². The summed E-state index contributed by atoms with van der Waals surface area (Å²) >= 11 is 0. The van der Waals surface area contributed by atoms with Crippen LogP contribution >= 0.6 is 0 Å². The molecule has 0 spiro atoms. The Morgan fingerprint density at radius 2 is 1.88 bits per heavy atom. The second-order valence-corrected chi connectivity index (χ2v) is 6.48. The third kappa shape index (κ3) is 6.63. The molecule has 1 N–H and O–H groups in total. The van der Waals surface area contributed by atoms with Gasteiger partial charge < -0.3 is 19.2 Å². The normalized spacial score (nSPS) is 10.6. The third-order valence-corrected chi connectivity index (χ3v) is 3.66. The fourth-order valence-corrected chi connectivity index (χ4v) is 2.08. The molecule has 0 aliphatic carbocycles. The summed E-state index contributed by atoms with van der Waals surface area (Å²) in [7, 11) is 0. The average Bonchev–Trinajstić information content (AvgIpc) is 2.61. The number of hydrogen-bond acceptors (Lipinski definition) is 5. The van der Waals surface area contributed by atoms with Gasteiger partial charge >= 0.3 is 5.97 Å². The summed E-state index contributed by atoms with van der Waals surface area (Å²) in [6.45, 7) is 6.42. The molecule has 140 valence electrons. The molecule has 1 aromatic carbocycles. The Balaban J connectivity index is 1.77. The van der Waals surface area contributed by atoms with Crippen LogP contribution in [-0.4, -0.2) is 24.2 Å². The van der Waals surface area contributed by atoms with E-state index in [-0.39, 0.29) is 24.4 Å². The molecule has 0 unspecified atom stereocenters. The first-order chi connectivity index (χ1) is 12.4. The zero-order valence-electron chi connectivity index (χ0n) is 15.4. The van der Waals surface area contributed by atoms with Gasteiger partial charge in [-0.3, -0.25) is 4.79 Å². The number of rotatable bonds is 9. The first kappa shape index (κ1) is 19.6. The first-order valence-electron chi connectivity index (χ1n) is 8.63. The SMILES string of the molecule is Cc1ccc(OCC(=O)OCc2cc(=O)c(OCCC(C)C)c[nH]2)cc1. The molecule has 0 atom stereocenters. The molecule has 1 heterocycles. The summed E-state index contributed by atoms with van der Waals surface area (Å²) in [6.07, 6.45) is 2.37. The molecular formula is C20H25NO5. The zero-order valence-corrected chi connectivity index (χ0v) is 15.4. The summed E-state index contributed by atoms with van der Waals surface area (Å²) in [5, 5.41) is 0. The molecule has 0 aliphatic rings. The fraction of sp³-hybridized carbons (Fsp3) is 0.400. The van der Waals surface area contributed by atoms with Gasteiger partial charge in [0.15, 0.2) is 12.4 Å². The molecule has 0 radical (unpaired) electrons. The first-order valence-corrected chi connectivity index (χ1v) is 8.63. The van der Waals surface area contributed by atoms with Crippen LogP contribution in [0.15, 0.2) is 41.3 Å². The number of nitrogens with one attached hydrogen (secondary N) is 1. The Labute approximate surface area is 153 Å². The van der Waals surface area contributed by atoms with E-state index in [1.54, 1.807) is 12.1 Å². The van der Waals surface area contributed by atoms with Gasteiger partial charge in [0.1, 0.15) is 12.4 Å². The van der Waals surface area contributed by atoms with E-state index < -0.39 is 5.97 Å². The standard InChI is InChI=1S/C20H25NO5/c1-14(2)8-9-24-19-11-21-16(10-18(19)22)12-26-20(23)13-25-17-6-4-15(3)5-7-17/h4-7,10-11,14H,8-9,12-13H2,1-3H3,(H,21,22). The van der Waals surface area contributed by atoms with E-state index in [0.717, 1.165) is 12.0 Å². The van der Waals surface area contributed by atoms with E-state index in [1.165, 1.54) is 12.3 Å². The molecule has 0 fully saturated rings. The van der Waals surface area contributed by atoms with Crippen molar-refractivity contribution in [2.45, 2.75) is 33.8 Å². The molecular weight excluding hydrogens is 334 g/mol. The van der Waals surface area contributed by atoms with Crippen LogP contribution in [0.1, 0.15) is 31.5 Å². The van der Waals surface area contributed by atoms with E-state index >= 15 is 0 Å². The lowest BCUT2D eigenvalue weighted by Gasteiger charge is -2.09. The van der Waals surface area contributed by atoms with Crippen LogP contribution < -0.4 is 14.9 Å². The van der Waals surface area contributed by atoms with Gasteiger partial charge in [-0.15, -0.1) is 0 Å². The fourth-order valence-electron chi connectivity index (χ4n) is 2.08. The predicted molar refractivity (Wildman–Crippen MR) is 98.5 cm³/mol. The number of pyridine rings is 1. The van der Waals surface area contributed by atoms with Gasteiger partial charge in [-0.05, 0) is 31.4 Å². The maximum absolute atomic E-state index is 12.0. The van der Waals surface area contributed by atoms with Crippen molar-refractivity contribution >= 4 is 5.97 Å². The van der Waals surface area contributed by atoms with Crippen molar-refractivity contribution in [3.63, 3.8) is 0 Å². The summed E-state index contributed by atoms with van der Waals surface area (Å²) in [5.41, 5.74) is 1.37. The number of aromatic nitrogens is 1. The van der Waals surface area contributed by atoms with Gasteiger partial charge in [0, 0.05) is 12.3 Å². The van der Waals surface area contributed by atoms with Crippen LogP contribution in [0, 0.1) is 12.8 Å². The number of ether oxygens (including phenoxy) is 3. The lowest BCUT2D eigenvalue weighted by atomic mass is 10.1. The Bertz CT molecular complexity index is 765. The van der Waals surface area contributed by atoms with Crippen LogP contribution in [-0.2, 0) is 16.1 Å². The monoisotopic (exact) mass is 359 g/mol. The van der Waals surface area contributed by atoms with Crippen LogP contribution in [0.2, 0.25) is 0 Å². The number of hydrogen-bond donors (Lipinski definition) is 1. The highest BCUT2D eigenvalue weighted by molar-refractivity contribution is 5.71. The molecule has 2 rings (SSSR count). The van der Waals surface area contributed by atoms with E-state index in [4.69, 9.17) is 14.2 Å². The van der Waals surface area contributed by atoms with Crippen molar-refractivity contribution in [2.75, 3.05) is 13.2 Å². The molecule has 6 nitrogen and oxygen atoms in total. The Morgan fingerprint density at radius 3 is 2.54 bits per heavy atom. The lowest BCUT2D eigenvalue weighted by Crippen LogP contribution is -2.16. The number of carbonyl (C=O) groups excluding carboxylic acids is 1. The van der Waals surface area contributed by atoms with Crippen molar-refractivity contribution in [3.8, 4) is 11.5 Å². The molecule has 2 aromatic rings. The van der Waals surface area contributed by atoms with Crippen LogP contribution in [0.4, 0.5) is 0 Å². The molecule has 0 saturated carbocycles. The second kappa shape index (κ2) is 9.65. The van der Waals surface area contributed by atoms with E-state index in [1.807, 2.05) is 19.1 Å². The van der Waals surface area contributed by atoms with Gasteiger partial charge in [0.05, 0.1) is 12.3 Å². The van der Waals surface area contributed by atoms with Crippen LogP contribution in [0.25, 0.3) is 0 Å². The maximum atomic E-state index is 12.0. The van der Waals surface area contributed by atoms with Gasteiger partial charge in [0.2, 0.25) is 5.43 Å². The predicted octanol–water partition coefficient (Wildman–Crippen LogP) is 3.23. The number of aryl methyl sites for hydroxylation is 1. The van der Waals surface area contributed by atoms with Crippen LogP contribution in [0.5, 0.6) is 11.5 Å². The van der Waals surface area contributed by atoms with Crippen molar-refractivity contribution < 1.29 is 19.0 Å². The number of benzene rings is 1. The van der Waals surface area contributed by atoms with Gasteiger partial charge in [-0.2, -0.15) is 0 Å². The summed E-state index contributed by atoms with van der Waals surface area (Å²) in [4.78, 5) is 26.6. The van der Waals surface area contributed by atoms with E-state index in [9.17, 15) is 9.59 Å². The topological polar surface area (TPSA) is 77.6 Å². The molecule has 6 heteroatoms. The summed E-state index contributed by atoms with van der Waals surface area (Å²) in [5.74, 6) is 0.867. The molecule has 0 aliphatic heterocycles. The molecule has 0 bridgehead atoms. The third-order valence-electron chi connectivity index (χ3n) is 3.66. The Hall–Kier alpha value is -2.76. The van der Waals surface area contributed by atoms with E-state index in [0.29, 0.717) is 24.0 Å². The number of carbonyl (C=O) groups is 1. The van der Waals surface area contributed by atoms with Crippen molar-refractivity contribution in [3.05, 3.63) is 58.0 Å². The lowest BCUT2D eigenvalue weighted by molar-refractivity contribution is -0.147. The smallest absolute Gasteiger partial charge is 0.344 e. The molecule has 0 amide bonds. The van der Waals surface area contributed by atoms with Crippen molar-refractivity contribution in [1.29, 1.82) is 0 Å². The second-order valence-electron chi connectivity index (χ2n) is 6.48. The van der Waals surface area contributed by atoms with Gasteiger partial charge in [0.25, 0.3) is 0 Å². The highest BCUT2D eigenvalue weighted by atomic mass is 16.6. The van der Waals surface area contributed by atoms with Gasteiger partial charge in [-0.1, -0.05) is 31.5 Å². The van der Waals surface area contributed by atoms with Crippen molar-refractivity contribution in [1.82, 2.24) is 4.98 Å². The summed E-state index contributed by atoms with van der Waals surface area (Å²) in [6, 6.07) is 8.75. The molecule has 26 heavy (non-hydrogen) atoms. The largest absolute Gasteiger partial charge is 0.488 e. The average molecular weight is 359 g/mol. The molecule has 1 aromatic heterocycles. The van der Waals surface area contributed by atoms with Gasteiger partial charge in [-0.25, -0.2) is 4.79 Å².